The Morgan fingerprint density at radius 3 is 2.11 bits per heavy atom. The van der Waals surface area contributed by atoms with E-state index >= 15 is 0 Å². The van der Waals surface area contributed by atoms with Crippen LogP contribution in [0, 0.1) is 26.7 Å². The van der Waals surface area contributed by atoms with Gasteiger partial charge in [-0.3, -0.25) is 4.79 Å². The van der Waals surface area contributed by atoms with E-state index in [1.807, 2.05) is 25.1 Å². The molecule has 142 valence electrons. The molecule has 1 N–H and O–H groups in total. The third kappa shape index (κ3) is 3.33. The largest absolute Gasteiger partial charge is 0.326 e. The van der Waals surface area contributed by atoms with Crippen molar-refractivity contribution >= 4 is 23.2 Å². The Labute approximate surface area is 171 Å². The lowest BCUT2D eigenvalue weighted by atomic mass is 9.84. The van der Waals surface area contributed by atoms with Crippen molar-refractivity contribution in [1.29, 1.82) is 0 Å². The Hall–Kier alpha value is -2.58. The lowest BCUT2D eigenvalue weighted by molar-refractivity contribution is -0.117. The van der Waals surface area contributed by atoms with Crippen molar-refractivity contribution in [2.45, 2.75) is 32.6 Å². The topological polar surface area (TPSA) is 29.1 Å². The van der Waals surface area contributed by atoms with Crippen LogP contribution >= 0.6 is 11.6 Å². The zero-order chi connectivity index (χ0) is 19.9. The summed E-state index contributed by atoms with van der Waals surface area (Å²) >= 11 is 6.13. The van der Waals surface area contributed by atoms with Gasteiger partial charge in [0.2, 0.25) is 5.91 Å². The number of hydrogen-bond donors (Lipinski definition) is 1. The molecule has 0 aliphatic heterocycles. The van der Waals surface area contributed by atoms with Gasteiger partial charge < -0.3 is 5.32 Å². The fourth-order valence-corrected chi connectivity index (χ4v) is 4.35. The van der Waals surface area contributed by atoms with Crippen molar-refractivity contribution in [2.24, 2.45) is 5.92 Å². The standard InChI is InChI=1S/C25H24ClNO/c1-16-6-4-8-19(12-16)25(20-9-5-7-17(2)13-20)15-22(25)24(28)27-23-14-21(26)11-10-18(23)3/h4-14,22H,15H2,1-3H3,(H,27,28)/t22-/m1/s1. The molecular formula is C25H24ClNO. The number of benzene rings is 3. The van der Waals surface area contributed by atoms with Crippen molar-refractivity contribution in [3.63, 3.8) is 0 Å². The average Bonchev–Trinajstić information content (AvgIpc) is 3.42. The summed E-state index contributed by atoms with van der Waals surface area (Å²) in [7, 11) is 0. The van der Waals surface area contributed by atoms with Gasteiger partial charge >= 0.3 is 0 Å². The van der Waals surface area contributed by atoms with Crippen LogP contribution in [-0.4, -0.2) is 5.91 Å². The molecular weight excluding hydrogens is 366 g/mol. The van der Waals surface area contributed by atoms with Crippen molar-refractivity contribution in [2.75, 3.05) is 5.32 Å². The summed E-state index contributed by atoms with van der Waals surface area (Å²) in [4.78, 5) is 13.2. The van der Waals surface area contributed by atoms with E-state index in [2.05, 4.69) is 67.7 Å². The van der Waals surface area contributed by atoms with Gasteiger partial charge in [-0.05, 0) is 56.0 Å². The summed E-state index contributed by atoms with van der Waals surface area (Å²) in [5, 5.41) is 3.74. The Morgan fingerprint density at radius 2 is 1.54 bits per heavy atom. The summed E-state index contributed by atoms with van der Waals surface area (Å²) in [6, 6.07) is 22.7. The number of nitrogens with one attached hydrogen (secondary N) is 1. The predicted octanol–water partition coefficient (Wildman–Crippen LogP) is 6.21. The molecule has 1 saturated carbocycles. The van der Waals surface area contributed by atoms with Crippen molar-refractivity contribution in [3.8, 4) is 0 Å². The molecule has 1 amide bonds. The van der Waals surface area contributed by atoms with Gasteiger partial charge in [-0.1, -0.05) is 77.3 Å². The lowest BCUT2D eigenvalue weighted by Gasteiger charge is -2.20. The highest BCUT2D eigenvalue weighted by molar-refractivity contribution is 6.31. The second-order valence-corrected chi connectivity index (χ2v) is 8.35. The van der Waals surface area contributed by atoms with Crippen LogP contribution in [0.1, 0.15) is 34.2 Å². The fourth-order valence-electron chi connectivity index (χ4n) is 4.18. The number of hydrogen-bond acceptors (Lipinski definition) is 1. The SMILES string of the molecule is Cc1cccc(C2(c3cccc(C)c3)C[C@@H]2C(=O)Nc2cc(Cl)ccc2C)c1. The van der Waals surface area contributed by atoms with Crippen LogP contribution in [0.25, 0.3) is 0 Å². The first-order valence-electron chi connectivity index (χ1n) is 9.61. The van der Waals surface area contributed by atoms with E-state index in [1.165, 1.54) is 22.3 Å². The van der Waals surface area contributed by atoms with E-state index in [1.54, 1.807) is 0 Å². The van der Waals surface area contributed by atoms with Crippen LogP contribution in [0.2, 0.25) is 5.02 Å². The molecule has 3 heteroatoms. The molecule has 1 fully saturated rings. The number of aryl methyl sites for hydroxylation is 3. The average molecular weight is 390 g/mol. The summed E-state index contributed by atoms with van der Waals surface area (Å²) in [6.45, 7) is 6.17. The minimum atomic E-state index is -0.269. The van der Waals surface area contributed by atoms with Crippen LogP contribution < -0.4 is 5.32 Å². The highest BCUT2D eigenvalue weighted by Crippen LogP contribution is 2.59. The molecule has 0 bridgehead atoms. The maximum atomic E-state index is 13.2. The molecule has 0 unspecified atom stereocenters. The van der Waals surface area contributed by atoms with Crippen LogP contribution in [0.4, 0.5) is 5.69 Å². The highest BCUT2D eigenvalue weighted by Gasteiger charge is 2.60. The van der Waals surface area contributed by atoms with Crippen LogP contribution in [-0.2, 0) is 10.2 Å². The first-order valence-corrected chi connectivity index (χ1v) is 9.99. The molecule has 0 spiro atoms. The second-order valence-electron chi connectivity index (χ2n) is 7.92. The van der Waals surface area contributed by atoms with E-state index in [0.717, 1.165) is 17.7 Å². The minimum absolute atomic E-state index is 0.0494. The number of rotatable bonds is 4. The Morgan fingerprint density at radius 1 is 0.929 bits per heavy atom. The second kappa shape index (κ2) is 7.10. The summed E-state index contributed by atoms with van der Waals surface area (Å²) in [6.07, 6.45) is 0.811. The summed E-state index contributed by atoms with van der Waals surface area (Å²) in [5.74, 6) is -0.0529. The number of halogens is 1. The quantitative estimate of drug-likeness (QED) is 0.564. The van der Waals surface area contributed by atoms with Gasteiger partial charge in [0, 0.05) is 16.1 Å². The number of anilines is 1. The third-order valence-electron chi connectivity index (χ3n) is 5.80. The van der Waals surface area contributed by atoms with Gasteiger partial charge in [-0.2, -0.15) is 0 Å². The monoisotopic (exact) mass is 389 g/mol. The maximum absolute atomic E-state index is 13.2. The smallest absolute Gasteiger partial charge is 0.228 e. The van der Waals surface area contributed by atoms with Gasteiger partial charge in [-0.25, -0.2) is 0 Å². The first kappa shape index (κ1) is 18.8. The molecule has 1 aliphatic rings. The molecule has 0 aromatic heterocycles. The Bertz CT molecular complexity index is 1010. The summed E-state index contributed by atoms with van der Waals surface area (Å²) in [5.41, 5.74) is 6.36. The van der Waals surface area contributed by atoms with Crippen molar-refractivity contribution < 1.29 is 4.79 Å². The highest BCUT2D eigenvalue weighted by atomic mass is 35.5. The van der Waals surface area contributed by atoms with E-state index < -0.39 is 0 Å². The van der Waals surface area contributed by atoms with Crippen molar-refractivity contribution in [1.82, 2.24) is 0 Å². The Balaban J connectivity index is 1.71. The molecule has 0 radical (unpaired) electrons. The Kier molecular flexibility index (Phi) is 4.76. The van der Waals surface area contributed by atoms with Gasteiger partial charge in [0.05, 0.1) is 5.92 Å². The molecule has 1 atom stereocenters. The molecule has 4 rings (SSSR count). The first-order chi connectivity index (χ1) is 13.4. The molecule has 3 aromatic rings. The van der Waals surface area contributed by atoms with E-state index in [-0.39, 0.29) is 17.2 Å². The maximum Gasteiger partial charge on any atom is 0.228 e. The molecule has 2 nitrogen and oxygen atoms in total. The normalized spacial score (nSPS) is 17.2. The lowest BCUT2D eigenvalue weighted by Crippen LogP contribution is -2.22. The fraction of sp³-hybridized carbons (Fsp3) is 0.240. The molecule has 0 saturated heterocycles. The van der Waals surface area contributed by atoms with Crippen molar-refractivity contribution in [3.05, 3.63) is 99.6 Å². The summed E-state index contributed by atoms with van der Waals surface area (Å²) < 4.78 is 0. The molecule has 28 heavy (non-hydrogen) atoms. The van der Waals surface area contributed by atoms with Gasteiger partial charge in [0.1, 0.15) is 0 Å². The number of carbonyl (C=O) groups excluding carboxylic acids is 1. The molecule has 0 heterocycles. The van der Waals surface area contributed by atoms with Crippen LogP contribution in [0.5, 0.6) is 0 Å². The molecule has 3 aromatic carbocycles. The van der Waals surface area contributed by atoms with Crippen LogP contribution in [0.15, 0.2) is 66.7 Å². The van der Waals surface area contributed by atoms with Gasteiger partial charge in [-0.15, -0.1) is 0 Å². The van der Waals surface area contributed by atoms with Gasteiger partial charge in [0.25, 0.3) is 0 Å². The van der Waals surface area contributed by atoms with Crippen LogP contribution in [0.3, 0.4) is 0 Å². The van der Waals surface area contributed by atoms with E-state index in [4.69, 9.17) is 11.6 Å². The zero-order valence-electron chi connectivity index (χ0n) is 16.4. The van der Waals surface area contributed by atoms with E-state index in [0.29, 0.717) is 5.02 Å². The minimum Gasteiger partial charge on any atom is -0.326 e. The van der Waals surface area contributed by atoms with Gasteiger partial charge in [0.15, 0.2) is 0 Å². The van der Waals surface area contributed by atoms with E-state index in [9.17, 15) is 4.79 Å². The zero-order valence-corrected chi connectivity index (χ0v) is 17.2. The third-order valence-corrected chi connectivity index (χ3v) is 6.04. The number of amides is 1. The number of carbonyl (C=O) groups is 1. The predicted molar refractivity (Wildman–Crippen MR) is 116 cm³/mol. The molecule has 1 aliphatic carbocycles.